The Labute approximate surface area is 222 Å². The van der Waals surface area contributed by atoms with E-state index in [-0.39, 0.29) is 24.3 Å². The van der Waals surface area contributed by atoms with Gasteiger partial charge in [-0.25, -0.2) is 18.3 Å². The Morgan fingerprint density at radius 1 is 1.24 bits per heavy atom. The maximum absolute atomic E-state index is 13.9. The number of amides is 1. The topological polar surface area (TPSA) is 89.6 Å². The minimum atomic E-state index is -2.80. The van der Waals surface area contributed by atoms with Gasteiger partial charge in [0.1, 0.15) is 11.4 Å². The smallest absolute Gasteiger partial charge is 0.284 e. The average Bonchev–Trinajstić information content (AvgIpc) is 3.52. The number of halogens is 2. The van der Waals surface area contributed by atoms with Crippen LogP contribution in [0, 0.1) is 11.8 Å². The predicted molar refractivity (Wildman–Crippen MR) is 141 cm³/mol. The lowest BCUT2D eigenvalue weighted by atomic mass is 9.79. The van der Waals surface area contributed by atoms with Gasteiger partial charge in [-0.3, -0.25) is 9.48 Å². The Kier molecular flexibility index (Phi) is 6.57. The van der Waals surface area contributed by atoms with Crippen molar-refractivity contribution >= 4 is 23.1 Å². The highest BCUT2D eigenvalue weighted by Gasteiger charge is 2.42. The van der Waals surface area contributed by atoms with E-state index in [2.05, 4.69) is 34.3 Å². The predicted octanol–water partition coefficient (Wildman–Crippen LogP) is 5.51. The number of hydrogen-bond donors (Lipinski definition) is 1. The Morgan fingerprint density at radius 2 is 2.03 bits per heavy atom. The second-order valence-corrected chi connectivity index (χ2v) is 11.4. The van der Waals surface area contributed by atoms with Crippen LogP contribution in [0.4, 0.5) is 20.3 Å². The average molecular weight is 530 g/mol. The lowest BCUT2D eigenvalue weighted by Crippen LogP contribution is -2.56. The number of carbonyl (C=O) groups is 1. The van der Waals surface area contributed by atoms with Crippen molar-refractivity contribution in [1.82, 2.24) is 24.4 Å². The quantitative estimate of drug-likeness (QED) is 0.453. The lowest BCUT2D eigenvalue weighted by Gasteiger charge is -2.48. The van der Waals surface area contributed by atoms with Gasteiger partial charge in [0.2, 0.25) is 0 Å². The van der Waals surface area contributed by atoms with Crippen LogP contribution in [0.2, 0.25) is 0 Å². The van der Waals surface area contributed by atoms with E-state index in [0.717, 1.165) is 57.4 Å². The summed E-state index contributed by atoms with van der Waals surface area (Å²) in [6, 6.07) is 1.94. The molecule has 38 heavy (non-hydrogen) atoms. The van der Waals surface area contributed by atoms with Crippen LogP contribution in [0.3, 0.4) is 0 Å². The van der Waals surface area contributed by atoms with Crippen molar-refractivity contribution in [2.45, 2.75) is 76.9 Å². The van der Waals surface area contributed by atoms with E-state index in [1.54, 1.807) is 17.1 Å². The van der Waals surface area contributed by atoms with Gasteiger partial charge in [0.25, 0.3) is 12.3 Å². The first-order chi connectivity index (χ1) is 18.3. The number of fused-ring (bicyclic) bond motifs is 1. The number of anilines is 2. The van der Waals surface area contributed by atoms with E-state index in [1.807, 2.05) is 6.07 Å². The van der Waals surface area contributed by atoms with Crippen LogP contribution in [-0.2, 0) is 4.74 Å². The molecule has 0 radical (unpaired) electrons. The molecule has 3 fully saturated rings. The molecule has 3 aliphatic rings. The fourth-order valence-corrected chi connectivity index (χ4v) is 6.18. The van der Waals surface area contributed by atoms with E-state index in [9.17, 15) is 13.6 Å². The zero-order valence-electron chi connectivity index (χ0n) is 21.9. The van der Waals surface area contributed by atoms with Gasteiger partial charge < -0.3 is 15.0 Å². The van der Waals surface area contributed by atoms with Crippen molar-refractivity contribution in [3.63, 3.8) is 0 Å². The fourth-order valence-electron chi connectivity index (χ4n) is 6.18. The Morgan fingerprint density at radius 3 is 2.71 bits per heavy atom. The van der Waals surface area contributed by atoms with Gasteiger partial charge in [0, 0.05) is 26.9 Å². The Bertz CT molecular complexity index is 1310. The van der Waals surface area contributed by atoms with Gasteiger partial charge in [-0.2, -0.15) is 10.2 Å². The van der Waals surface area contributed by atoms with Crippen LogP contribution in [0.5, 0.6) is 0 Å². The highest BCUT2D eigenvalue weighted by atomic mass is 19.3. The highest BCUT2D eigenvalue weighted by molar-refractivity contribution is 6.08. The van der Waals surface area contributed by atoms with Crippen LogP contribution >= 0.6 is 0 Å². The first kappa shape index (κ1) is 25.2. The monoisotopic (exact) mass is 529 g/mol. The van der Waals surface area contributed by atoms with Gasteiger partial charge in [-0.05, 0) is 62.8 Å². The molecular weight excluding hydrogens is 492 g/mol. The molecule has 2 saturated carbocycles. The summed E-state index contributed by atoms with van der Waals surface area (Å²) < 4.78 is 37.0. The minimum Gasteiger partial charge on any atom is -0.371 e. The van der Waals surface area contributed by atoms with Crippen LogP contribution < -0.4 is 10.2 Å². The number of nitrogens with zero attached hydrogens (tertiary/aromatic N) is 6. The second kappa shape index (κ2) is 9.91. The summed E-state index contributed by atoms with van der Waals surface area (Å²) in [5, 5.41) is 11.1. The standard InChI is InChI=1S/C27H35F2N7O2.H2/c1-17(2)18-4-6-19(7-5-18)36-15-21(23(33-36)24(28)29)31-26(37)20-14-30-35-11-8-22(32-25(20)35)34-12-13-38-27(16-34)9-3-10-27;/h8,11,14-15,17-19,24H,3-7,9-10,12-13,16H2,1-2H3,(H,31,37);1H. The zero-order valence-corrected chi connectivity index (χ0v) is 21.9. The van der Waals surface area contributed by atoms with Gasteiger partial charge in [-0.15, -0.1) is 0 Å². The molecule has 0 atom stereocenters. The first-order valence-corrected chi connectivity index (χ1v) is 13.7. The summed E-state index contributed by atoms with van der Waals surface area (Å²) in [4.78, 5) is 20.2. The van der Waals surface area contributed by atoms with Crippen molar-refractivity contribution in [3.05, 3.63) is 35.9 Å². The number of morpholine rings is 1. The Hall–Kier alpha value is -3.08. The SMILES string of the molecule is CC(C)C1CCC(n2cc(NC(=O)c3cnn4ccc(N5CCOC6(CCC6)C5)nc34)c(C(F)F)n2)CC1.[HH]. The molecule has 1 N–H and O–H groups in total. The van der Waals surface area contributed by atoms with Gasteiger partial charge in [-0.1, -0.05) is 13.8 Å². The second-order valence-electron chi connectivity index (χ2n) is 11.4. The molecule has 206 valence electrons. The number of hydrogen-bond acceptors (Lipinski definition) is 6. The summed E-state index contributed by atoms with van der Waals surface area (Å²) in [7, 11) is 0. The molecule has 4 heterocycles. The molecule has 1 saturated heterocycles. The minimum absolute atomic E-state index is 0. The molecule has 9 nitrogen and oxygen atoms in total. The molecule has 6 rings (SSSR count). The largest absolute Gasteiger partial charge is 0.371 e. The van der Waals surface area contributed by atoms with E-state index in [0.29, 0.717) is 24.1 Å². The lowest BCUT2D eigenvalue weighted by molar-refractivity contribution is -0.106. The van der Waals surface area contributed by atoms with Gasteiger partial charge in [0.05, 0.1) is 30.1 Å². The molecule has 2 aliphatic carbocycles. The van der Waals surface area contributed by atoms with Crippen molar-refractivity contribution in [2.24, 2.45) is 11.8 Å². The fraction of sp³-hybridized carbons (Fsp3) is 0.630. The number of nitrogens with one attached hydrogen (secondary N) is 1. The third-order valence-electron chi connectivity index (χ3n) is 8.71. The van der Waals surface area contributed by atoms with Gasteiger partial charge in [0.15, 0.2) is 11.3 Å². The molecule has 11 heteroatoms. The summed E-state index contributed by atoms with van der Waals surface area (Å²) in [5.74, 6) is 1.48. The van der Waals surface area contributed by atoms with E-state index < -0.39 is 18.0 Å². The van der Waals surface area contributed by atoms with E-state index in [1.165, 1.54) is 17.1 Å². The maximum Gasteiger partial charge on any atom is 0.284 e. The van der Waals surface area contributed by atoms with Crippen LogP contribution in [-0.4, -0.2) is 55.6 Å². The number of aromatic nitrogens is 5. The van der Waals surface area contributed by atoms with Crippen molar-refractivity contribution in [1.29, 1.82) is 0 Å². The van der Waals surface area contributed by atoms with Crippen molar-refractivity contribution < 1.29 is 19.7 Å². The highest BCUT2D eigenvalue weighted by Crippen LogP contribution is 2.39. The van der Waals surface area contributed by atoms with Gasteiger partial charge >= 0.3 is 0 Å². The summed E-state index contributed by atoms with van der Waals surface area (Å²) in [6.07, 6.45) is 9.10. The van der Waals surface area contributed by atoms with Crippen LogP contribution in [0.1, 0.15) is 88.7 Å². The third kappa shape index (κ3) is 4.65. The number of alkyl halides is 2. The third-order valence-corrected chi connectivity index (χ3v) is 8.71. The zero-order chi connectivity index (χ0) is 26.4. The maximum atomic E-state index is 13.9. The molecule has 0 bridgehead atoms. The van der Waals surface area contributed by atoms with E-state index in [4.69, 9.17) is 9.72 Å². The molecule has 3 aromatic heterocycles. The van der Waals surface area contributed by atoms with Crippen molar-refractivity contribution in [3.8, 4) is 0 Å². The number of rotatable bonds is 6. The summed E-state index contributed by atoms with van der Waals surface area (Å²) >= 11 is 0. The Balaban J connectivity index is 0.00000308. The first-order valence-electron chi connectivity index (χ1n) is 13.7. The number of ether oxygens (including phenoxy) is 1. The van der Waals surface area contributed by atoms with Crippen LogP contribution in [0.15, 0.2) is 24.7 Å². The molecule has 1 spiro atoms. The molecule has 1 amide bonds. The summed E-state index contributed by atoms with van der Waals surface area (Å²) in [6.45, 7) is 6.58. The van der Waals surface area contributed by atoms with Crippen molar-refractivity contribution in [2.75, 3.05) is 29.9 Å². The molecule has 3 aromatic rings. The molecule has 1 aliphatic heterocycles. The normalized spacial score (nSPS) is 23.4. The molecular formula is C27H37F2N7O2. The summed E-state index contributed by atoms with van der Waals surface area (Å²) in [5.41, 5.74) is 0.142. The van der Waals surface area contributed by atoms with Crippen LogP contribution in [0.25, 0.3) is 5.65 Å². The van der Waals surface area contributed by atoms with E-state index >= 15 is 0 Å². The molecule has 0 aromatic carbocycles. The number of carbonyl (C=O) groups excluding carboxylic acids is 1. The molecule has 0 unspecified atom stereocenters.